The van der Waals surface area contributed by atoms with Gasteiger partial charge in [0.05, 0.1) is 17.7 Å². The van der Waals surface area contributed by atoms with Gasteiger partial charge in [0, 0.05) is 25.7 Å². The molecule has 2 N–H and O–H groups in total. The van der Waals surface area contributed by atoms with Crippen molar-refractivity contribution in [1.82, 2.24) is 4.90 Å². The van der Waals surface area contributed by atoms with Gasteiger partial charge in [-0.3, -0.25) is 4.90 Å². The van der Waals surface area contributed by atoms with Crippen LogP contribution in [0.4, 0.5) is 4.39 Å². The van der Waals surface area contributed by atoms with Gasteiger partial charge in [0.2, 0.25) is 0 Å². The largest absolute Gasteiger partial charge is 0.376 e. The van der Waals surface area contributed by atoms with E-state index in [1.165, 1.54) is 6.07 Å². The first-order valence-corrected chi connectivity index (χ1v) is 6.50. The molecule has 1 aliphatic rings. The van der Waals surface area contributed by atoms with E-state index < -0.39 is 5.82 Å². The Morgan fingerprint density at radius 1 is 1.61 bits per heavy atom. The van der Waals surface area contributed by atoms with Crippen molar-refractivity contribution in [2.24, 2.45) is 5.73 Å². The normalized spacial score (nSPS) is 23.0. The van der Waals surface area contributed by atoms with Crippen molar-refractivity contribution in [2.75, 3.05) is 26.2 Å². The van der Waals surface area contributed by atoms with E-state index in [1.54, 1.807) is 6.07 Å². The van der Waals surface area contributed by atoms with Crippen LogP contribution in [0.25, 0.3) is 0 Å². The van der Waals surface area contributed by atoms with E-state index in [0.717, 1.165) is 18.7 Å². The molecular formula is C13H18ClFN2O. The fourth-order valence-corrected chi connectivity index (χ4v) is 2.46. The number of benzene rings is 1. The molecule has 0 saturated carbocycles. The van der Waals surface area contributed by atoms with Gasteiger partial charge in [-0.05, 0) is 24.6 Å². The second-order valence-electron chi connectivity index (χ2n) is 4.60. The predicted octanol–water partition coefficient (Wildman–Crippen LogP) is 2.20. The zero-order chi connectivity index (χ0) is 13.1. The first kappa shape index (κ1) is 13.7. The summed E-state index contributed by atoms with van der Waals surface area (Å²) in [6.45, 7) is 4.80. The number of halogens is 2. The van der Waals surface area contributed by atoms with Crippen molar-refractivity contribution in [3.05, 3.63) is 34.6 Å². The molecule has 0 aliphatic carbocycles. The SMILES string of the molecule is CC1CN(C(CN)c2ccc(Cl)c(F)c2)CCO1. The molecule has 0 aromatic heterocycles. The Kier molecular flexibility index (Phi) is 4.56. The summed E-state index contributed by atoms with van der Waals surface area (Å²) in [5.41, 5.74) is 6.70. The third kappa shape index (κ3) is 3.01. The molecule has 1 aliphatic heterocycles. The number of morpholine rings is 1. The molecule has 5 heteroatoms. The summed E-state index contributed by atoms with van der Waals surface area (Å²) in [6, 6.07) is 4.91. The predicted molar refractivity (Wildman–Crippen MR) is 70.2 cm³/mol. The quantitative estimate of drug-likeness (QED) is 0.917. The Morgan fingerprint density at radius 2 is 2.39 bits per heavy atom. The molecule has 0 radical (unpaired) electrons. The summed E-state index contributed by atoms with van der Waals surface area (Å²) in [4.78, 5) is 2.23. The van der Waals surface area contributed by atoms with Crippen LogP contribution in [0, 0.1) is 5.82 Å². The maximum Gasteiger partial charge on any atom is 0.142 e. The van der Waals surface area contributed by atoms with Crippen molar-refractivity contribution in [3.63, 3.8) is 0 Å². The molecule has 1 saturated heterocycles. The van der Waals surface area contributed by atoms with Crippen molar-refractivity contribution in [1.29, 1.82) is 0 Å². The van der Waals surface area contributed by atoms with Crippen molar-refractivity contribution >= 4 is 11.6 Å². The molecule has 1 aromatic rings. The molecule has 2 atom stereocenters. The van der Waals surface area contributed by atoms with Gasteiger partial charge >= 0.3 is 0 Å². The molecular weight excluding hydrogens is 255 g/mol. The lowest BCUT2D eigenvalue weighted by atomic mass is 10.0. The van der Waals surface area contributed by atoms with Gasteiger partial charge in [-0.15, -0.1) is 0 Å². The zero-order valence-corrected chi connectivity index (χ0v) is 11.2. The molecule has 1 fully saturated rings. The van der Waals surface area contributed by atoms with E-state index in [-0.39, 0.29) is 17.2 Å². The monoisotopic (exact) mass is 272 g/mol. The first-order chi connectivity index (χ1) is 8.61. The number of hydrogen-bond donors (Lipinski definition) is 1. The fraction of sp³-hybridized carbons (Fsp3) is 0.538. The van der Waals surface area contributed by atoms with E-state index in [9.17, 15) is 4.39 Å². The van der Waals surface area contributed by atoms with Gasteiger partial charge in [-0.2, -0.15) is 0 Å². The van der Waals surface area contributed by atoms with Crippen molar-refractivity contribution < 1.29 is 9.13 Å². The third-order valence-electron chi connectivity index (χ3n) is 3.26. The second-order valence-corrected chi connectivity index (χ2v) is 5.01. The van der Waals surface area contributed by atoms with Crippen LogP contribution in [-0.4, -0.2) is 37.2 Å². The lowest BCUT2D eigenvalue weighted by Gasteiger charge is -2.37. The molecule has 1 aromatic carbocycles. The minimum atomic E-state index is -0.395. The summed E-state index contributed by atoms with van der Waals surface area (Å²) in [5, 5.41) is 0.143. The molecule has 0 spiro atoms. The minimum absolute atomic E-state index is 0.0168. The summed E-state index contributed by atoms with van der Waals surface area (Å²) < 4.78 is 19.0. The summed E-state index contributed by atoms with van der Waals surface area (Å²) in [5.74, 6) is -0.395. The minimum Gasteiger partial charge on any atom is -0.376 e. The Balaban J connectivity index is 2.18. The van der Waals surface area contributed by atoms with Crippen LogP contribution in [-0.2, 0) is 4.74 Å². The summed E-state index contributed by atoms with van der Waals surface area (Å²) >= 11 is 5.70. The molecule has 2 rings (SSSR count). The summed E-state index contributed by atoms with van der Waals surface area (Å²) in [7, 11) is 0. The number of hydrogen-bond acceptors (Lipinski definition) is 3. The molecule has 0 amide bonds. The topological polar surface area (TPSA) is 38.5 Å². The highest BCUT2D eigenvalue weighted by atomic mass is 35.5. The first-order valence-electron chi connectivity index (χ1n) is 6.12. The standard InChI is InChI=1S/C13H18ClFN2O/c1-9-8-17(4-5-18-9)13(7-16)10-2-3-11(14)12(15)6-10/h2-3,6,9,13H,4-5,7-8,16H2,1H3. The lowest BCUT2D eigenvalue weighted by molar-refractivity contribution is -0.0333. The van der Waals surface area contributed by atoms with Crippen LogP contribution < -0.4 is 5.73 Å². The maximum absolute atomic E-state index is 13.5. The third-order valence-corrected chi connectivity index (χ3v) is 3.57. The van der Waals surface area contributed by atoms with Gasteiger partial charge < -0.3 is 10.5 Å². The number of ether oxygens (including phenoxy) is 1. The van der Waals surface area contributed by atoms with E-state index in [0.29, 0.717) is 13.2 Å². The van der Waals surface area contributed by atoms with Gasteiger partial charge in [0.15, 0.2) is 0 Å². The van der Waals surface area contributed by atoms with Gasteiger partial charge in [0.25, 0.3) is 0 Å². The average molecular weight is 273 g/mol. The van der Waals surface area contributed by atoms with Crippen LogP contribution in [0.2, 0.25) is 5.02 Å². The molecule has 18 heavy (non-hydrogen) atoms. The van der Waals surface area contributed by atoms with Crippen LogP contribution in [0.1, 0.15) is 18.5 Å². The van der Waals surface area contributed by atoms with Gasteiger partial charge in [-0.25, -0.2) is 4.39 Å². The lowest BCUT2D eigenvalue weighted by Crippen LogP contribution is -2.45. The van der Waals surface area contributed by atoms with Crippen molar-refractivity contribution in [2.45, 2.75) is 19.1 Å². The number of nitrogens with zero attached hydrogens (tertiary/aromatic N) is 1. The average Bonchev–Trinajstić information content (AvgIpc) is 2.35. The Hall–Kier alpha value is -0.680. The van der Waals surface area contributed by atoms with E-state index in [4.69, 9.17) is 22.1 Å². The van der Waals surface area contributed by atoms with Crippen LogP contribution in [0.5, 0.6) is 0 Å². The number of nitrogens with two attached hydrogens (primary N) is 1. The van der Waals surface area contributed by atoms with Crippen LogP contribution in [0.3, 0.4) is 0 Å². The van der Waals surface area contributed by atoms with Crippen LogP contribution >= 0.6 is 11.6 Å². The van der Waals surface area contributed by atoms with E-state index >= 15 is 0 Å². The Labute approximate surface area is 112 Å². The summed E-state index contributed by atoms with van der Waals surface area (Å²) in [6.07, 6.45) is 0.185. The molecule has 3 nitrogen and oxygen atoms in total. The Morgan fingerprint density at radius 3 is 3.00 bits per heavy atom. The molecule has 100 valence electrons. The number of rotatable bonds is 3. The van der Waals surface area contributed by atoms with Gasteiger partial charge in [-0.1, -0.05) is 17.7 Å². The van der Waals surface area contributed by atoms with E-state index in [1.807, 2.05) is 13.0 Å². The van der Waals surface area contributed by atoms with Crippen LogP contribution in [0.15, 0.2) is 18.2 Å². The highest BCUT2D eigenvalue weighted by Gasteiger charge is 2.25. The Bertz CT molecular complexity index is 416. The maximum atomic E-state index is 13.5. The highest BCUT2D eigenvalue weighted by Crippen LogP contribution is 2.25. The molecule has 2 unspecified atom stereocenters. The fourth-order valence-electron chi connectivity index (χ4n) is 2.34. The molecule has 0 bridgehead atoms. The zero-order valence-electron chi connectivity index (χ0n) is 10.4. The second kappa shape index (κ2) is 5.97. The smallest absolute Gasteiger partial charge is 0.142 e. The van der Waals surface area contributed by atoms with Crippen molar-refractivity contribution in [3.8, 4) is 0 Å². The molecule has 1 heterocycles. The van der Waals surface area contributed by atoms with Gasteiger partial charge in [0.1, 0.15) is 5.82 Å². The highest BCUT2D eigenvalue weighted by molar-refractivity contribution is 6.30. The van der Waals surface area contributed by atoms with E-state index in [2.05, 4.69) is 4.90 Å².